The molecule has 1 rings (SSSR count). The molecular weight excluding hydrogens is 208 g/mol. The minimum absolute atomic E-state index is 0.0254. The predicted octanol–water partition coefficient (Wildman–Crippen LogP) is 1.61. The van der Waals surface area contributed by atoms with Crippen LogP contribution in [0, 0.1) is 0 Å². The van der Waals surface area contributed by atoms with Crippen molar-refractivity contribution in [3.05, 3.63) is 29.3 Å². The maximum Gasteiger partial charge on any atom is 0.165 e. The minimum Gasteiger partial charge on any atom is -0.504 e. The summed E-state index contributed by atoms with van der Waals surface area (Å²) in [5.41, 5.74) is 0.787. The zero-order chi connectivity index (χ0) is 12.0. The van der Waals surface area contributed by atoms with Crippen LogP contribution in [-0.2, 0) is 0 Å². The maximum atomic E-state index is 10.8. The van der Waals surface area contributed by atoms with Gasteiger partial charge < -0.3 is 14.9 Å². The van der Waals surface area contributed by atoms with Crippen molar-refractivity contribution in [2.45, 2.75) is 6.42 Å². The fraction of sp³-hybridized carbons (Fsp3) is 0.250. The van der Waals surface area contributed by atoms with E-state index in [-0.39, 0.29) is 12.4 Å². The summed E-state index contributed by atoms with van der Waals surface area (Å²) >= 11 is 0. The first-order valence-electron chi connectivity index (χ1n) is 4.87. The maximum absolute atomic E-state index is 10.8. The molecule has 0 atom stereocenters. The van der Waals surface area contributed by atoms with Gasteiger partial charge in [-0.2, -0.15) is 0 Å². The third-order valence-corrected chi connectivity index (χ3v) is 2.14. The Labute approximate surface area is 93.8 Å². The van der Waals surface area contributed by atoms with E-state index in [0.717, 1.165) is 0 Å². The van der Waals surface area contributed by atoms with Gasteiger partial charge in [-0.15, -0.1) is 0 Å². The quantitative estimate of drug-likeness (QED) is 0.743. The van der Waals surface area contributed by atoms with Crippen LogP contribution in [0.3, 0.4) is 0 Å². The molecule has 0 spiro atoms. The van der Waals surface area contributed by atoms with Crippen LogP contribution in [0.15, 0.2) is 18.2 Å². The number of aldehydes is 1. The molecule has 16 heavy (non-hydrogen) atoms. The van der Waals surface area contributed by atoms with Crippen LogP contribution >= 0.6 is 0 Å². The van der Waals surface area contributed by atoms with Crippen LogP contribution in [0.25, 0.3) is 6.08 Å². The van der Waals surface area contributed by atoms with Crippen LogP contribution in [0.1, 0.15) is 22.3 Å². The lowest BCUT2D eigenvalue weighted by Gasteiger charge is -2.07. The second kappa shape index (κ2) is 5.92. The average Bonchev–Trinajstić information content (AvgIpc) is 2.31. The van der Waals surface area contributed by atoms with Gasteiger partial charge >= 0.3 is 0 Å². The molecule has 0 aliphatic carbocycles. The van der Waals surface area contributed by atoms with Crippen LogP contribution in [-0.4, -0.2) is 30.2 Å². The first-order valence-corrected chi connectivity index (χ1v) is 4.87. The standard InChI is InChI=1S/C12H14O4/c1-16-11-6-5-9(8-14)10(12(11)15)4-2-3-7-13/h2,4-6,8,13,15H,3,7H2,1H3. The number of phenols is 1. The molecule has 0 aliphatic heterocycles. The molecule has 0 saturated heterocycles. The highest BCUT2D eigenvalue weighted by Crippen LogP contribution is 2.32. The summed E-state index contributed by atoms with van der Waals surface area (Å²) in [6.45, 7) is 0.0254. The number of hydrogen-bond donors (Lipinski definition) is 2. The summed E-state index contributed by atoms with van der Waals surface area (Å²) in [5.74, 6) is 0.246. The lowest BCUT2D eigenvalue weighted by atomic mass is 10.1. The fourth-order valence-corrected chi connectivity index (χ4v) is 1.32. The van der Waals surface area contributed by atoms with Gasteiger partial charge in [0.25, 0.3) is 0 Å². The monoisotopic (exact) mass is 222 g/mol. The molecule has 0 radical (unpaired) electrons. The van der Waals surface area contributed by atoms with Gasteiger partial charge in [-0.25, -0.2) is 0 Å². The molecule has 0 amide bonds. The summed E-state index contributed by atoms with van der Waals surface area (Å²) < 4.78 is 4.94. The van der Waals surface area contributed by atoms with Crippen LogP contribution < -0.4 is 4.74 Å². The Bertz CT molecular complexity index is 396. The summed E-state index contributed by atoms with van der Waals surface area (Å²) in [7, 11) is 1.44. The molecular formula is C12H14O4. The molecule has 0 aromatic heterocycles. The summed E-state index contributed by atoms with van der Waals surface area (Å²) in [5, 5.41) is 18.4. The van der Waals surface area contributed by atoms with E-state index < -0.39 is 0 Å². The second-order valence-electron chi connectivity index (χ2n) is 3.15. The lowest BCUT2D eigenvalue weighted by molar-refractivity contribution is 0.112. The molecule has 86 valence electrons. The molecule has 0 fully saturated rings. The van der Waals surface area contributed by atoms with Crippen molar-refractivity contribution in [3.8, 4) is 11.5 Å². The normalized spacial score (nSPS) is 10.6. The number of phenolic OH excluding ortho intramolecular Hbond substituents is 1. The van der Waals surface area contributed by atoms with Gasteiger partial charge in [-0.3, -0.25) is 4.79 Å². The molecule has 1 aromatic carbocycles. The first-order chi connectivity index (χ1) is 7.74. The SMILES string of the molecule is COc1ccc(C=O)c(C=CCCO)c1O. The van der Waals surface area contributed by atoms with Crippen LogP contribution in [0.5, 0.6) is 11.5 Å². The van der Waals surface area contributed by atoms with E-state index in [1.807, 2.05) is 0 Å². The Balaban J connectivity index is 3.15. The average molecular weight is 222 g/mol. The van der Waals surface area contributed by atoms with Crippen molar-refractivity contribution in [2.75, 3.05) is 13.7 Å². The molecule has 0 unspecified atom stereocenters. The van der Waals surface area contributed by atoms with Gasteiger partial charge in [0.2, 0.25) is 0 Å². The number of ether oxygens (including phenoxy) is 1. The molecule has 2 N–H and O–H groups in total. The van der Waals surface area contributed by atoms with Crippen molar-refractivity contribution >= 4 is 12.4 Å². The molecule has 0 bridgehead atoms. The van der Waals surface area contributed by atoms with Gasteiger partial charge in [0.05, 0.1) is 7.11 Å². The number of benzene rings is 1. The highest BCUT2D eigenvalue weighted by atomic mass is 16.5. The Hall–Kier alpha value is -1.81. The zero-order valence-electron chi connectivity index (χ0n) is 9.01. The van der Waals surface area contributed by atoms with E-state index in [1.54, 1.807) is 18.2 Å². The molecule has 0 aliphatic rings. The summed E-state index contributed by atoms with van der Waals surface area (Å²) in [6.07, 6.45) is 4.41. The Morgan fingerprint density at radius 1 is 1.44 bits per heavy atom. The molecule has 4 nitrogen and oxygen atoms in total. The van der Waals surface area contributed by atoms with Gasteiger partial charge in [-0.1, -0.05) is 12.2 Å². The molecule has 0 saturated carbocycles. The number of carbonyl (C=O) groups excluding carboxylic acids is 1. The number of carbonyl (C=O) groups is 1. The number of hydrogen-bond acceptors (Lipinski definition) is 4. The topological polar surface area (TPSA) is 66.8 Å². The fourth-order valence-electron chi connectivity index (χ4n) is 1.32. The smallest absolute Gasteiger partial charge is 0.165 e. The number of aliphatic hydroxyl groups is 1. The third kappa shape index (κ3) is 2.61. The Morgan fingerprint density at radius 3 is 2.75 bits per heavy atom. The van der Waals surface area contributed by atoms with Crippen molar-refractivity contribution < 1.29 is 19.7 Å². The van der Waals surface area contributed by atoms with E-state index in [1.165, 1.54) is 13.2 Å². The van der Waals surface area contributed by atoms with Gasteiger partial charge in [0.15, 0.2) is 17.8 Å². The third-order valence-electron chi connectivity index (χ3n) is 2.14. The van der Waals surface area contributed by atoms with E-state index in [4.69, 9.17) is 9.84 Å². The number of aromatic hydroxyl groups is 1. The molecule has 0 heterocycles. The number of methoxy groups -OCH3 is 1. The van der Waals surface area contributed by atoms with Crippen LogP contribution in [0.4, 0.5) is 0 Å². The van der Waals surface area contributed by atoms with Crippen LogP contribution in [0.2, 0.25) is 0 Å². The van der Waals surface area contributed by atoms with E-state index in [2.05, 4.69) is 0 Å². The van der Waals surface area contributed by atoms with Crippen molar-refractivity contribution in [2.24, 2.45) is 0 Å². The summed E-state index contributed by atoms with van der Waals surface area (Å²) in [4.78, 5) is 10.8. The second-order valence-corrected chi connectivity index (χ2v) is 3.15. The van der Waals surface area contributed by atoms with Gasteiger partial charge in [0, 0.05) is 17.7 Å². The minimum atomic E-state index is -0.0683. The van der Waals surface area contributed by atoms with Crippen molar-refractivity contribution in [3.63, 3.8) is 0 Å². The van der Waals surface area contributed by atoms with E-state index >= 15 is 0 Å². The van der Waals surface area contributed by atoms with E-state index in [9.17, 15) is 9.90 Å². The Morgan fingerprint density at radius 2 is 2.19 bits per heavy atom. The van der Waals surface area contributed by atoms with E-state index in [0.29, 0.717) is 29.6 Å². The molecule has 4 heteroatoms. The zero-order valence-corrected chi connectivity index (χ0v) is 9.01. The largest absolute Gasteiger partial charge is 0.504 e. The van der Waals surface area contributed by atoms with Gasteiger partial charge in [0.1, 0.15) is 0 Å². The number of aliphatic hydroxyl groups excluding tert-OH is 1. The summed E-state index contributed by atoms with van der Waals surface area (Å²) in [6, 6.07) is 3.10. The highest BCUT2D eigenvalue weighted by molar-refractivity contribution is 5.85. The number of rotatable bonds is 5. The lowest BCUT2D eigenvalue weighted by Crippen LogP contribution is -1.91. The highest BCUT2D eigenvalue weighted by Gasteiger charge is 2.09. The Kier molecular flexibility index (Phi) is 4.54. The van der Waals surface area contributed by atoms with Crippen molar-refractivity contribution in [1.82, 2.24) is 0 Å². The van der Waals surface area contributed by atoms with Gasteiger partial charge in [-0.05, 0) is 18.6 Å². The first kappa shape index (κ1) is 12.3. The van der Waals surface area contributed by atoms with Crippen molar-refractivity contribution in [1.29, 1.82) is 0 Å². The molecule has 1 aromatic rings. The predicted molar refractivity (Wildman–Crippen MR) is 60.8 cm³/mol.